The van der Waals surface area contributed by atoms with Crippen LogP contribution in [0.15, 0.2) is 22.7 Å². The van der Waals surface area contributed by atoms with Gasteiger partial charge in [-0.15, -0.1) is 0 Å². The standard InChI is InChI=1S/C12H13BrClNO2/c13-10-2-1-8(7-11(10)14)12(17)15-5-3-9(16)4-6-15/h1-2,7,9,16H,3-6H2. The summed E-state index contributed by atoms with van der Waals surface area (Å²) in [5, 5.41) is 9.93. The van der Waals surface area contributed by atoms with Crippen LogP contribution in [0.4, 0.5) is 0 Å². The maximum atomic E-state index is 12.1. The average molecular weight is 319 g/mol. The molecule has 2 rings (SSSR count). The van der Waals surface area contributed by atoms with Crippen molar-refractivity contribution in [3.63, 3.8) is 0 Å². The molecule has 92 valence electrons. The van der Waals surface area contributed by atoms with E-state index in [4.69, 9.17) is 11.6 Å². The van der Waals surface area contributed by atoms with Crippen molar-refractivity contribution in [1.29, 1.82) is 0 Å². The number of hydrogen-bond donors (Lipinski definition) is 1. The minimum atomic E-state index is -0.271. The number of halogens is 2. The molecule has 0 saturated carbocycles. The molecule has 0 unspecified atom stereocenters. The Labute approximate surface area is 114 Å². The van der Waals surface area contributed by atoms with Crippen molar-refractivity contribution in [2.24, 2.45) is 0 Å². The fourth-order valence-electron chi connectivity index (χ4n) is 1.88. The van der Waals surface area contributed by atoms with Gasteiger partial charge in [-0.25, -0.2) is 0 Å². The fourth-order valence-corrected chi connectivity index (χ4v) is 2.31. The van der Waals surface area contributed by atoms with Crippen LogP contribution in [0, 0.1) is 0 Å². The molecular weight excluding hydrogens is 305 g/mol. The van der Waals surface area contributed by atoms with Gasteiger partial charge in [0, 0.05) is 23.1 Å². The zero-order valence-electron chi connectivity index (χ0n) is 9.20. The van der Waals surface area contributed by atoms with E-state index in [0.29, 0.717) is 36.5 Å². The maximum absolute atomic E-state index is 12.1. The SMILES string of the molecule is O=C(c1ccc(Br)c(Cl)c1)N1CCC(O)CC1. The van der Waals surface area contributed by atoms with E-state index in [0.717, 1.165) is 4.47 Å². The third-order valence-corrected chi connectivity index (χ3v) is 4.15. The Bertz CT molecular complexity index is 431. The highest BCUT2D eigenvalue weighted by Crippen LogP contribution is 2.24. The molecule has 0 aliphatic carbocycles. The van der Waals surface area contributed by atoms with Crippen LogP contribution < -0.4 is 0 Å². The Morgan fingerprint density at radius 3 is 2.65 bits per heavy atom. The van der Waals surface area contributed by atoms with Gasteiger partial charge in [0.1, 0.15) is 0 Å². The van der Waals surface area contributed by atoms with Crippen LogP contribution in [0.3, 0.4) is 0 Å². The fraction of sp³-hybridized carbons (Fsp3) is 0.417. The first-order chi connectivity index (χ1) is 8.08. The van der Waals surface area contributed by atoms with E-state index in [2.05, 4.69) is 15.9 Å². The number of aliphatic hydroxyl groups is 1. The smallest absolute Gasteiger partial charge is 0.253 e. The van der Waals surface area contributed by atoms with E-state index in [-0.39, 0.29) is 12.0 Å². The minimum absolute atomic E-state index is 0.0219. The largest absolute Gasteiger partial charge is 0.393 e. The Kier molecular flexibility index (Phi) is 4.07. The van der Waals surface area contributed by atoms with E-state index < -0.39 is 0 Å². The molecule has 0 aromatic heterocycles. The van der Waals surface area contributed by atoms with Crippen molar-refractivity contribution >= 4 is 33.4 Å². The summed E-state index contributed by atoms with van der Waals surface area (Å²) in [5.74, 6) is -0.0219. The van der Waals surface area contributed by atoms with Crippen molar-refractivity contribution < 1.29 is 9.90 Å². The van der Waals surface area contributed by atoms with E-state index >= 15 is 0 Å². The molecule has 1 saturated heterocycles. The quantitative estimate of drug-likeness (QED) is 0.865. The zero-order chi connectivity index (χ0) is 12.4. The van der Waals surface area contributed by atoms with Crippen molar-refractivity contribution in [1.82, 2.24) is 4.90 Å². The molecule has 0 radical (unpaired) electrons. The van der Waals surface area contributed by atoms with Gasteiger partial charge >= 0.3 is 0 Å². The van der Waals surface area contributed by atoms with Crippen LogP contribution in [-0.2, 0) is 0 Å². The van der Waals surface area contributed by atoms with Gasteiger partial charge in [-0.05, 0) is 47.0 Å². The second-order valence-corrected chi connectivity index (χ2v) is 5.41. The highest BCUT2D eigenvalue weighted by atomic mass is 79.9. The summed E-state index contributed by atoms with van der Waals surface area (Å²) in [5.41, 5.74) is 0.592. The number of nitrogens with zero attached hydrogens (tertiary/aromatic N) is 1. The topological polar surface area (TPSA) is 40.5 Å². The van der Waals surface area contributed by atoms with Crippen LogP contribution in [-0.4, -0.2) is 35.1 Å². The third-order valence-electron chi connectivity index (χ3n) is 2.92. The predicted octanol–water partition coefficient (Wildman–Crippen LogP) is 2.70. The molecule has 3 nitrogen and oxygen atoms in total. The number of rotatable bonds is 1. The second kappa shape index (κ2) is 5.38. The summed E-state index contributed by atoms with van der Waals surface area (Å²) < 4.78 is 0.782. The molecule has 0 bridgehead atoms. The number of aliphatic hydroxyl groups excluding tert-OH is 1. The van der Waals surface area contributed by atoms with Crippen molar-refractivity contribution in [2.45, 2.75) is 18.9 Å². The average Bonchev–Trinajstić information content (AvgIpc) is 2.33. The summed E-state index contributed by atoms with van der Waals surface area (Å²) >= 11 is 9.25. The van der Waals surface area contributed by atoms with Gasteiger partial charge in [0.15, 0.2) is 0 Å². The van der Waals surface area contributed by atoms with E-state index in [9.17, 15) is 9.90 Å². The van der Waals surface area contributed by atoms with Crippen LogP contribution in [0.25, 0.3) is 0 Å². The van der Waals surface area contributed by atoms with E-state index in [1.54, 1.807) is 23.1 Å². The number of hydrogen-bond acceptors (Lipinski definition) is 2. The molecule has 1 aromatic carbocycles. The van der Waals surface area contributed by atoms with Crippen LogP contribution >= 0.6 is 27.5 Å². The van der Waals surface area contributed by atoms with Crippen LogP contribution in [0.5, 0.6) is 0 Å². The molecule has 1 heterocycles. The maximum Gasteiger partial charge on any atom is 0.253 e. The normalized spacial score (nSPS) is 17.2. The summed E-state index contributed by atoms with van der Waals surface area (Å²) in [6, 6.07) is 5.19. The third kappa shape index (κ3) is 3.00. The Hall–Kier alpha value is -0.580. The first kappa shape index (κ1) is 12.9. The highest BCUT2D eigenvalue weighted by molar-refractivity contribution is 9.10. The summed E-state index contributed by atoms with van der Waals surface area (Å²) in [6.07, 6.45) is 1.03. The first-order valence-corrected chi connectivity index (χ1v) is 6.67. The van der Waals surface area contributed by atoms with Gasteiger partial charge in [0.25, 0.3) is 5.91 Å². The van der Waals surface area contributed by atoms with Gasteiger partial charge in [-0.3, -0.25) is 4.79 Å². The van der Waals surface area contributed by atoms with Gasteiger partial charge < -0.3 is 10.0 Å². The molecular formula is C12H13BrClNO2. The zero-order valence-corrected chi connectivity index (χ0v) is 11.5. The number of likely N-dealkylation sites (tertiary alicyclic amines) is 1. The van der Waals surface area contributed by atoms with Crippen molar-refractivity contribution in [3.05, 3.63) is 33.3 Å². The molecule has 17 heavy (non-hydrogen) atoms. The van der Waals surface area contributed by atoms with E-state index in [1.807, 2.05) is 0 Å². The Balaban J connectivity index is 2.11. The lowest BCUT2D eigenvalue weighted by Gasteiger charge is -2.29. The molecule has 1 N–H and O–H groups in total. The Morgan fingerprint density at radius 2 is 2.06 bits per heavy atom. The number of carbonyl (C=O) groups excluding carboxylic acids is 1. The molecule has 1 amide bonds. The molecule has 0 spiro atoms. The molecule has 1 aliphatic heterocycles. The Morgan fingerprint density at radius 1 is 1.41 bits per heavy atom. The predicted molar refractivity (Wildman–Crippen MR) is 70.3 cm³/mol. The lowest BCUT2D eigenvalue weighted by molar-refractivity contribution is 0.0546. The number of amides is 1. The van der Waals surface area contributed by atoms with Crippen molar-refractivity contribution in [2.75, 3.05) is 13.1 Å². The van der Waals surface area contributed by atoms with Crippen molar-refractivity contribution in [3.8, 4) is 0 Å². The number of carbonyl (C=O) groups is 1. The van der Waals surface area contributed by atoms with Crippen LogP contribution in [0.1, 0.15) is 23.2 Å². The van der Waals surface area contributed by atoms with E-state index in [1.165, 1.54) is 0 Å². The minimum Gasteiger partial charge on any atom is -0.393 e. The molecule has 1 aliphatic rings. The summed E-state index contributed by atoms with van der Waals surface area (Å²) in [7, 11) is 0. The molecule has 1 fully saturated rings. The molecule has 1 aromatic rings. The number of piperidine rings is 1. The van der Waals surface area contributed by atoms with Gasteiger partial charge in [-0.2, -0.15) is 0 Å². The highest BCUT2D eigenvalue weighted by Gasteiger charge is 2.22. The summed E-state index contributed by atoms with van der Waals surface area (Å²) in [6.45, 7) is 1.21. The summed E-state index contributed by atoms with van der Waals surface area (Å²) in [4.78, 5) is 13.9. The lowest BCUT2D eigenvalue weighted by atomic mass is 10.1. The second-order valence-electron chi connectivity index (χ2n) is 4.15. The molecule has 0 atom stereocenters. The lowest BCUT2D eigenvalue weighted by Crippen LogP contribution is -2.40. The first-order valence-electron chi connectivity index (χ1n) is 5.50. The van der Waals surface area contributed by atoms with Gasteiger partial charge in [0.2, 0.25) is 0 Å². The monoisotopic (exact) mass is 317 g/mol. The van der Waals surface area contributed by atoms with Gasteiger partial charge in [-0.1, -0.05) is 11.6 Å². The number of benzene rings is 1. The van der Waals surface area contributed by atoms with Crippen LogP contribution in [0.2, 0.25) is 5.02 Å². The van der Waals surface area contributed by atoms with Gasteiger partial charge in [0.05, 0.1) is 11.1 Å². The molecule has 5 heteroatoms.